The number of piperidine rings is 2. The van der Waals surface area contributed by atoms with Crippen molar-refractivity contribution in [3.05, 3.63) is 28.9 Å². The van der Waals surface area contributed by atoms with Gasteiger partial charge in [-0.05, 0) is 57.0 Å². The van der Waals surface area contributed by atoms with Crippen LogP contribution in [0.15, 0.2) is 28.9 Å². The topological polar surface area (TPSA) is 32.3 Å². The van der Waals surface area contributed by atoms with Crippen LogP contribution in [0.3, 0.4) is 0 Å². The Morgan fingerprint density at radius 3 is 2.57 bits per heavy atom. The van der Waals surface area contributed by atoms with Crippen LogP contribution in [0.5, 0.6) is 0 Å². The molecular weight excluding hydrogens is 352 g/mol. The van der Waals surface area contributed by atoms with Crippen molar-refractivity contribution in [2.75, 3.05) is 31.1 Å². The molecule has 0 aliphatic carbocycles. The highest BCUT2D eigenvalue weighted by Gasteiger charge is 2.26. The summed E-state index contributed by atoms with van der Waals surface area (Å²) in [6, 6.07) is 6.94. The summed E-state index contributed by atoms with van der Waals surface area (Å²) in [5.74, 6) is 0.886. The largest absolute Gasteiger partial charge is 0.341 e. The lowest BCUT2D eigenvalue weighted by molar-refractivity contribution is 0.141. The monoisotopic (exact) mass is 374 g/mol. The van der Waals surface area contributed by atoms with Crippen molar-refractivity contribution in [2.45, 2.75) is 38.1 Å². The first-order valence-corrected chi connectivity index (χ1v) is 9.50. The summed E-state index contributed by atoms with van der Waals surface area (Å²) in [6.45, 7) is 4.74. The first-order valence-electron chi connectivity index (χ1n) is 8.71. The van der Waals surface area contributed by atoms with Crippen molar-refractivity contribution in [3.63, 3.8) is 0 Å². The third-order valence-electron chi connectivity index (χ3n) is 5.18. The summed E-state index contributed by atoms with van der Waals surface area (Å²) >= 11 is 3.50. The molecule has 0 spiro atoms. The second-order valence-electron chi connectivity index (χ2n) is 6.69. The fourth-order valence-electron chi connectivity index (χ4n) is 3.86. The van der Waals surface area contributed by atoms with Crippen LogP contribution < -0.4 is 4.90 Å². The number of halogens is 1. The molecule has 1 aromatic heterocycles. The average molecular weight is 375 g/mol. The minimum absolute atomic E-state index is 0.767. The van der Waals surface area contributed by atoms with Gasteiger partial charge in [0.25, 0.3) is 0 Å². The summed E-state index contributed by atoms with van der Waals surface area (Å²) in [5.41, 5.74) is 1.02. The Kier molecular flexibility index (Phi) is 4.49. The van der Waals surface area contributed by atoms with E-state index in [2.05, 4.69) is 42.8 Å². The van der Waals surface area contributed by atoms with E-state index < -0.39 is 0 Å². The van der Waals surface area contributed by atoms with Gasteiger partial charge in [-0.1, -0.05) is 22.4 Å². The summed E-state index contributed by atoms with van der Waals surface area (Å²) in [7, 11) is 0. The minimum atomic E-state index is 0.767. The highest BCUT2D eigenvalue weighted by atomic mass is 79.9. The van der Waals surface area contributed by atoms with Crippen LogP contribution in [-0.4, -0.2) is 47.1 Å². The summed E-state index contributed by atoms with van der Waals surface area (Å²) < 4.78 is 1.07. The lowest BCUT2D eigenvalue weighted by Crippen LogP contribution is -2.47. The molecule has 5 heteroatoms. The maximum absolute atomic E-state index is 4.76. The maximum Gasteiger partial charge on any atom is 0.225 e. The van der Waals surface area contributed by atoms with Crippen LogP contribution in [0.4, 0.5) is 5.95 Å². The molecule has 4 rings (SSSR count). The van der Waals surface area contributed by atoms with Crippen LogP contribution in [-0.2, 0) is 0 Å². The number of aromatic nitrogens is 2. The summed E-state index contributed by atoms with van der Waals surface area (Å²) in [6.07, 6.45) is 8.59. The van der Waals surface area contributed by atoms with E-state index in [4.69, 9.17) is 4.98 Å². The lowest BCUT2D eigenvalue weighted by Gasteiger charge is -2.40. The number of anilines is 1. The van der Waals surface area contributed by atoms with E-state index in [0.29, 0.717) is 0 Å². The van der Waals surface area contributed by atoms with E-state index in [9.17, 15) is 0 Å². The molecule has 2 aliphatic heterocycles. The summed E-state index contributed by atoms with van der Waals surface area (Å²) in [5, 5.41) is 1.09. The number of rotatable bonds is 2. The quantitative estimate of drug-likeness (QED) is 0.798. The van der Waals surface area contributed by atoms with Crippen LogP contribution in [0, 0.1) is 0 Å². The molecule has 2 aliphatic rings. The fraction of sp³-hybridized carbons (Fsp3) is 0.556. The number of hydrogen-bond donors (Lipinski definition) is 0. The molecule has 0 atom stereocenters. The van der Waals surface area contributed by atoms with Gasteiger partial charge < -0.3 is 9.80 Å². The second kappa shape index (κ2) is 6.73. The zero-order chi connectivity index (χ0) is 15.6. The zero-order valence-electron chi connectivity index (χ0n) is 13.4. The Hall–Kier alpha value is -1.20. The van der Waals surface area contributed by atoms with E-state index in [1.165, 1.54) is 45.2 Å². The van der Waals surface area contributed by atoms with Gasteiger partial charge in [0.15, 0.2) is 0 Å². The van der Waals surface area contributed by atoms with Crippen molar-refractivity contribution < 1.29 is 0 Å². The molecule has 0 unspecified atom stereocenters. The highest BCUT2D eigenvalue weighted by Crippen LogP contribution is 2.24. The molecule has 0 bridgehead atoms. The van der Waals surface area contributed by atoms with Crippen molar-refractivity contribution >= 4 is 32.8 Å². The van der Waals surface area contributed by atoms with Gasteiger partial charge in [-0.3, -0.25) is 0 Å². The molecule has 3 heterocycles. The molecule has 1 aromatic carbocycles. The molecule has 4 nitrogen and oxygen atoms in total. The van der Waals surface area contributed by atoms with Crippen molar-refractivity contribution in [1.29, 1.82) is 0 Å². The second-order valence-corrected chi connectivity index (χ2v) is 7.60. The third-order valence-corrected chi connectivity index (χ3v) is 5.68. The van der Waals surface area contributed by atoms with Crippen LogP contribution in [0.1, 0.15) is 32.1 Å². The van der Waals surface area contributed by atoms with Crippen LogP contribution >= 0.6 is 15.9 Å². The molecule has 0 amide bonds. The van der Waals surface area contributed by atoms with Gasteiger partial charge in [0.05, 0.1) is 5.52 Å². The SMILES string of the molecule is Brc1ccc2nc(N3CCC(N4CCCCC4)CC3)ncc2c1. The summed E-state index contributed by atoms with van der Waals surface area (Å²) in [4.78, 5) is 14.4. The number of nitrogens with zero attached hydrogens (tertiary/aromatic N) is 4. The van der Waals surface area contributed by atoms with E-state index >= 15 is 0 Å². The molecule has 0 N–H and O–H groups in total. The van der Waals surface area contributed by atoms with Gasteiger partial charge in [-0.2, -0.15) is 0 Å². The van der Waals surface area contributed by atoms with Gasteiger partial charge in [0.2, 0.25) is 5.95 Å². The first kappa shape index (κ1) is 15.3. The molecule has 0 radical (unpaired) electrons. The molecule has 2 saturated heterocycles. The zero-order valence-corrected chi connectivity index (χ0v) is 15.0. The predicted octanol–water partition coefficient (Wildman–Crippen LogP) is 3.85. The van der Waals surface area contributed by atoms with Crippen molar-refractivity contribution in [3.8, 4) is 0 Å². The van der Waals surface area contributed by atoms with Gasteiger partial charge in [-0.15, -0.1) is 0 Å². The van der Waals surface area contributed by atoms with Gasteiger partial charge >= 0.3 is 0 Å². The number of benzene rings is 1. The number of hydrogen-bond acceptors (Lipinski definition) is 4. The van der Waals surface area contributed by atoms with Gasteiger partial charge in [0, 0.05) is 35.2 Å². The Morgan fingerprint density at radius 1 is 1.00 bits per heavy atom. The fourth-order valence-corrected chi connectivity index (χ4v) is 4.24. The molecule has 0 saturated carbocycles. The smallest absolute Gasteiger partial charge is 0.225 e. The van der Waals surface area contributed by atoms with E-state index in [1.807, 2.05) is 12.3 Å². The van der Waals surface area contributed by atoms with E-state index in [0.717, 1.165) is 40.5 Å². The van der Waals surface area contributed by atoms with Gasteiger partial charge in [-0.25, -0.2) is 9.97 Å². The number of fused-ring (bicyclic) bond motifs is 1. The molecule has 122 valence electrons. The van der Waals surface area contributed by atoms with Gasteiger partial charge in [0.1, 0.15) is 0 Å². The number of likely N-dealkylation sites (tertiary alicyclic amines) is 1. The minimum Gasteiger partial charge on any atom is -0.341 e. The highest BCUT2D eigenvalue weighted by molar-refractivity contribution is 9.10. The average Bonchev–Trinajstić information content (AvgIpc) is 2.62. The van der Waals surface area contributed by atoms with Crippen LogP contribution in [0.25, 0.3) is 10.9 Å². The van der Waals surface area contributed by atoms with Crippen molar-refractivity contribution in [1.82, 2.24) is 14.9 Å². The Morgan fingerprint density at radius 2 is 1.78 bits per heavy atom. The molecular formula is C18H23BrN4. The third kappa shape index (κ3) is 3.36. The van der Waals surface area contributed by atoms with Crippen molar-refractivity contribution in [2.24, 2.45) is 0 Å². The molecule has 2 aromatic rings. The Labute approximate surface area is 146 Å². The van der Waals surface area contributed by atoms with E-state index in [-0.39, 0.29) is 0 Å². The van der Waals surface area contributed by atoms with Crippen LogP contribution in [0.2, 0.25) is 0 Å². The van der Waals surface area contributed by atoms with E-state index in [1.54, 1.807) is 0 Å². The molecule has 2 fully saturated rings. The Bertz CT molecular complexity index is 676. The predicted molar refractivity (Wildman–Crippen MR) is 97.9 cm³/mol. The first-order chi connectivity index (χ1) is 11.3. The molecule has 23 heavy (non-hydrogen) atoms. The lowest BCUT2D eigenvalue weighted by atomic mass is 10.0. The Balaban J connectivity index is 1.44. The normalized spacial score (nSPS) is 21.0. The standard InChI is InChI=1S/C18H23BrN4/c19-15-4-5-17-14(12-15)13-20-18(21-17)23-10-6-16(7-11-23)22-8-2-1-3-9-22/h4-5,12-13,16H,1-3,6-11H2. The maximum atomic E-state index is 4.76.